The van der Waals surface area contributed by atoms with Gasteiger partial charge in [-0.2, -0.15) is 13.2 Å². The van der Waals surface area contributed by atoms with Gasteiger partial charge in [-0.3, -0.25) is 0 Å². The molecule has 0 bridgehead atoms. The lowest BCUT2D eigenvalue weighted by Gasteiger charge is -2.18. The Labute approximate surface area is 122 Å². The summed E-state index contributed by atoms with van der Waals surface area (Å²) in [5, 5.41) is 2.95. The summed E-state index contributed by atoms with van der Waals surface area (Å²) in [4.78, 5) is 0. The Morgan fingerprint density at radius 3 is 2.00 bits per heavy atom. The van der Waals surface area contributed by atoms with Gasteiger partial charge >= 0.3 is 6.18 Å². The summed E-state index contributed by atoms with van der Waals surface area (Å²) in [5.74, 6) is 0. The van der Waals surface area contributed by atoms with Crippen molar-refractivity contribution in [3.63, 3.8) is 0 Å². The minimum absolute atomic E-state index is 0.0463. The molecule has 4 heteroatoms. The zero-order valence-electron chi connectivity index (χ0n) is 11.8. The normalized spacial score (nSPS) is 13.1. The van der Waals surface area contributed by atoms with E-state index >= 15 is 0 Å². The molecule has 0 saturated carbocycles. The Bertz CT molecular complexity index is 546. The van der Waals surface area contributed by atoms with E-state index < -0.39 is 12.6 Å². The van der Waals surface area contributed by atoms with Crippen molar-refractivity contribution >= 4 is 0 Å². The SMILES string of the molecule is CNC(CCC(F)(F)F)c1ccc(-c2ccccc2)cc1. The average molecular weight is 293 g/mol. The van der Waals surface area contributed by atoms with E-state index in [-0.39, 0.29) is 12.5 Å². The maximum absolute atomic E-state index is 12.3. The molecule has 0 aliphatic carbocycles. The van der Waals surface area contributed by atoms with Gasteiger partial charge in [0.2, 0.25) is 0 Å². The van der Waals surface area contributed by atoms with Gasteiger partial charge in [-0.15, -0.1) is 0 Å². The number of rotatable bonds is 5. The molecule has 0 saturated heterocycles. The highest BCUT2D eigenvalue weighted by Gasteiger charge is 2.28. The van der Waals surface area contributed by atoms with Gasteiger partial charge in [-0.1, -0.05) is 54.6 Å². The smallest absolute Gasteiger partial charge is 0.313 e. The van der Waals surface area contributed by atoms with Crippen LogP contribution in [0.25, 0.3) is 11.1 Å². The first-order chi connectivity index (χ1) is 9.99. The van der Waals surface area contributed by atoms with Crippen molar-refractivity contribution in [3.8, 4) is 11.1 Å². The van der Waals surface area contributed by atoms with Crippen LogP contribution in [0.15, 0.2) is 54.6 Å². The van der Waals surface area contributed by atoms with Gasteiger partial charge in [0.1, 0.15) is 0 Å². The zero-order valence-corrected chi connectivity index (χ0v) is 11.8. The Morgan fingerprint density at radius 1 is 0.905 bits per heavy atom. The second-order valence-corrected chi connectivity index (χ2v) is 4.98. The molecule has 1 N–H and O–H groups in total. The Hall–Kier alpha value is -1.81. The van der Waals surface area contributed by atoms with Crippen LogP contribution in [0.1, 0.15) is 24.4 Å². The molecule has 2 aromatic rings. The maximum atomic E-state index is 12.3. The van der Waals surface area contributed by atoms with Crippen molar-refractivity contribution in [2.24, 2.45) is 0 Å². The van der Waals surface area contributed by atoms with Crippen molar-refractivity contribution in [2.45, 2.75) is 25.1 Å². The maximum Gasteiger partial charge on any atom is 0.389 e. The fraction of sp³-hybridized carbons (Fsp3) is 0.294. The summed E-state index contributed by atoms with van der Waals surface area (Å²) < 4.78 is 37.0. The second-order valence-electron chi connectivity index (χ2n) is 4.98. The molecule has 0 aromatic heterocycles. The molecule has 0 spiro atoms. The Balaban J connectivity index is 2.10. The highest BCUT2D eigenvalue weighted by Crippen LogP contribution is 2.28. The molecule has 0 aliphatic heterocycles. The van der Waals surface area contributed by atoms with Crippen LogP contribution < -0.4 is 5.32 Å². The standard InChI is InChI=1S/C17H18F3N/c1-21-16(11-12-17(18,19)20)15-9-7-14(8-10-15)13-5-3-2-4-6-13/h2-10,16,21H,11-12H2,1H3. The monoisotopic (exact) mass is 293 g/mol. The first-order valence-corrected chi connectivity index (χ1v) is 6.89. The predicted molar refractivity (Wildman–Crippen MR) is 79.0 cm³/mol. The molecule has 1 atom stereocenters. The minimum atomic E-state index is -4.11. The van der Waals surface area contributed by atoms with Crippen molar-refractivity contribution < 1.29 is 13.2 Å². The molecule has 112 valence electrons. The summed E-state index contributed by atoms with van der Waals surface area (Å²) >= 11 is 0. The molecular weight excluding hydrogens is 275 g/mol. The van der Waals surface area contributed by atoms with Gasteiger partial charge in [0.15, 0.2) is 0 Å². The number of alkyl halides is 3. The first-order valence-electron chi connectivity index (χ1n) is 6.89. The number of hydrogen-bond donors (Lipinski definition) is 1. The van der Waals surface area contributed by atoms with E-state index in [1.54, 1.807) is 7.05 Å². The van der Waals surface area contributed by atoms with E-state index in [2.05, 4.69) is 5.32 Å². The lowest BCUT2D eigenvalue weighted by atomic mass is 9.98. The van der Waals surface area contributed by atoms with Crippen LogP contribution in [-0.4, -0.2) is 13.2 Å². The molecule has 0 radical (unpaired) electrons. The molecule has 2 aromatic carbocycles. The largest absolute Gasteiger partial charge is 0.389 e. The third kappa shape index (κ3) is 4.60. The highest BCUT2D eigenvalue weighted by molar-refractivity contribution is 5.63. The molecule has 0 fully saturated rings. The number of nitrogens with one attached hydrogen (secondary N) is 1. The van der Waals surface area contributed by atoms with Gasteiger partial charge in [0.25, 0.3) is 0 Å². The first kappa shape index (κ1) is 15.6. The lowest BCUT2D eigenvalue weighted by molar-refractivity contribution is -0.136. The van der Waals surface area contributed by atoms with Crippen molar-refractivity contribution in [3.05, 3.63) is 60.2 Å². The molecular formula is C17H18F3N. The van der Waals surface area contributed by atoms with E-state index in [9.17, 15) is 13.2 Å². The van der Waals surface area contributed by atoms with E-state index in [0.29, 0.717) is 0 Å². The third-order valence-corrected chi connectivity index (χ3v) is 3.49. The fourth-order valence-electron chi connectivity index (χ4n) is 2.32. The molecule has 21 heavy (non-hydrogen) atoms. The molecule has 1 unspecified atom stereocenters. The Kier molecular flexibility index (Phi) is 5.02. The Morgan fingerprint density at radius 2 is 1.48 bits per heavy atom. The molecule has 2 rings (SSSR count). The van der Waals surface area contributed by atoms with Crippen molar-refractivity contribution in [1.29, 1.82) is 0 Å². The highest BCUT2D eigenvalue weighted by atomic mass is 19.4. The van der Waals surface area contributed by atoms with Gasteiger partial charge < -0.3 is 5.32 Å². The van der Waals surface area contributed by atoms with Gasteiger partial charge in [-0.25, -0.2) is 0 Å². The van der Waals surface area contributed by atoms with E-state index in [4.69, 9.17) is 0 Å². The average Bonchev–Trinajstić information content (AvgIpc) is 2.48. The summed E-state index contributed by atoms with van der Waals surface area (Å²) in [7, 11) is 1.69. The predicted octanol–water partition coefficient (Wildman–Crippen LogP) is 4.96. The van der Waals surface area contributed by atoms with E-state index in [1.165, 1.54) is 0 Å². The van der Waals surface area contributed by atoms with Crippen LogP contribution >= 0.6 is 0 Å². The number of hydrogen-bond acceptors (Lipinski definition) is 1. The second kappa shape index (κ2) is 6.76. The zero-order chi connectivity index (χ0) is 15.3. The van der Waals surface area contributed by atoms with Crippen molar-refractivity contribution in [2.75, 3.05) is 7.05 Å². The van der Waals surface area contributed by atoms with Crippen LogP contribution in [0.2, 0.25) is 0 Å². The minimum Gasteiger partial charge on any atom is -0.313 e. The van der Waals surface area contributed by atoms with Crippen LogP contribution in [0.5, 0.6) is 0 Å². The van der Waals surface area contributed by atoms with Crippen LogP contribution in [0, 0.1) is 0 Å². The van der Waals surface area contributed by atoms with Crippen LogP contribution in [-0.2, 0) is 0 Å². The number of benzene rings is 2. The molecule has 0 aliphatic rings. The fourth-order valence-corrected chi connectivity index (χ4v) is 2.32. The summed E-state index contributed by atoms with van der Waals surface area (Å²) in [6.45, 7) is 0. The van der Waals surface area contributed by atoms with Crippen LogP contribution in [0.3, 0.4) is 0 Å². The van der Waals surface area contributed by atoms with E-state index in [0.717, 1.165) is 16.7 Å². The lowest BCUT2D eigenvalue weighted by Crippen LogP contribution is -2.19. The topological polar surface area (TPSA) is 12.0 Å². The van der Waals surface area contributed by atoms with Crippen molar-refractivity contribution in [1.82, 2.24) is 5.32 Å². The molecule has 0 amide bonds. The summed E-state index contributed by atoms with van der Waals surface area (Å²) in [5.41, 5.74) is 3.03. The van der Waals surface area contributed by atoms with Crippen LogP contribution in [0.4, 0.5) is 13.2 Å². The van der Waals surface area contributed by atoms with Gasteiger partial charge in [-0.05, 0) is 30.2 Å². The molecule has 1 nitrogen and oxygen atoms in total. The van der Waals surface area contributed by atoms with Gasteiger partial charge in [0.05, 0.1) is 0 Å². The number of halogens is 3. The quantitative estimate of drug-likeness (QED) is 0.822. The van der Waals surface area contributed by atoms with Gasteiger partial charge in [0, 0.05) is 12.5 Å². The summed E-state index contributed by atoms with van der Waals surface area (Å²) in [6.07, 6.45) is -4.84. The van der Waals surface area contributed by atoms with E-state index in [1.807, 2.05) is 54.6 Å². The third-order valence-electron chi connectivity index (χ3n) is 3.49. The summed E-state index contributed by atoms with van der Waals surface area (Å²) in [6, 6.07) is 17.3. The molecule has 0 heterocycles.